The molecule has 0 spiro atoms. The van der Waals surface area contributed by atoms with E-state index >= 15 is 0 Å². The first-order chi connectivity index (χ1) is 38.2. The van der Waals surface area contributed by atoms with E-state index in [2.05, 4.69) is 293 Å². The zero-order valence-electron chi connectivity index (χ0n) is 41.9. The van der Waals surface area contributed by atoms with E-state index in [-0.39, 0.29) is 6.71 Å². The molecule has 0 saturated heterocycles. The van der Waals surface area contributed by atoms with Crippen molar-refractivity contribution in [2.24, 2.45) is 0 Å². The summed E-state index contributed by atoms with van der Waals surface area (Å²) < 4.78 is 5.03. The summed E-state index contributed by atoms with van der Waals surface area (Å²) in [5, 5.41) is 4.97. The van der Waals surface area contributed by atoms with Crippen LogP contribution in [-0.2, 0) is 0 Å². The number of anilines is 3. The predicted molar refractivity (Wildman–Crippen MR) is 327 cm³/mol. The molecule has 0 fully saturated rings. The number of fused-ring (bicyclic) bond motifs is 10. The Kier molecular flexibility index (Phi) is 9.97. The highest BCUT2D eigenvalue weighted by atomic mass is 32.2. The molecule has 358 valence electrons. The average Bonchev–Trinajstić information content (AvgIpc) is 4.08. The maximum atomic E-state index is 2.61. The third-order valence-corrected chi connectivity index (χ3v) is 17.3. The van der Waals surface area contributed by atoms with Gasteiger partial charge >= 0.3 is 0 Å². The Morgan fingerprint density at radius 1 is 0.260 bits per heavy atom. The van der Waals surface area contributed by atoms with Crippen molar-refractivity contribution in [1.82, 2.24) is 9.13 Å². The Hall–Kier alpha value is -9.55. The van der Waals surface area contributed by atoms with Gasteiger partial charge in [0.15, 0.2) is 0 Å². The molecule has 0 N–H and O–H groups in total. The van der Waals surface area contributed by atoms with Crippen LogP contribution in [0.4, 0.5) is 17.1 Å². The summed E-state index contributed by atoms with van der Waals surface area (Å²) in [6.07, 6.45) is 0. The van der Waals surface area contributed by atoms with Crippen molar-refractivity contribution in [1.29, 1.82) is 0 Å². The van der Waals surface area contributed by atoms with Gasteiger partial charge in [-0.05, 0) is 93.3 Å². The number of rotatable bonds is 7. The van der Waals surface area contributed by atoms with E-state index < -0.39 is 0 Å². The van der Waals surface area contributed by atoms with Gasteiger partial charge in [0, 0.05) is 59.4 Å². The lowest BCUT2D eigenvalue weighted by molar-refractivity contribution is 1.16. The summed E-state index contributed by atoms with van der Waals surface area (Å²) in [6.45, 7) is -0.125. The van der Waals surface area contributed by atoms with Gasteiger partial charge in [0.1, 0.15) is 0 Å². The quantitative estimate of drug-likeness (QED) is 0.148. The molecule has 0 bridgehead atoms. The smallest absolute Gasteiger partial charge is 0.249 e. The second-order valence-corrected chi connectivity index (χ2v) is 21.4. The van der Waals surface area contributed by atoms with Crippen LogP contribution in [-0.4, -0.2) is 15.8 Å². The van der Waals surface area contributed by atoms with Crippen LogP contribution < -0.4 is 21.3 Å². The van der Waals surface area contributed by atoms with Crippen molar-refractivity contribution in [3.63, 3.8) is 0 Å². The van der Waals surface area contributed by atoms with Crippen molar-refractivity contribution >= 4 is 95.5 Å². The summed E-state index contributed by atoms with van der Waals surface area (Å²) in [6, 6.07) is 104. The Bertz CT molecular complexity index is 4550. The molecule has 0 atom stereocenters. The topological polar surface area (TPSA) is 13.1 Å². The molecule has 16 rings (SSSR count). The minimum Gasteiger partial charge on any atom is -0.311 e. The number of hydrogen-bond donors (Lipinski definition) is 0. The first-order valence-electron chi connectivity index (χ1n) is 26.5. The zero-order chi connectivity index (χ0) is 50.6. The maximum Gasteiger partial charge on any atom is 0.249 e. The van der Waals surface area contributed by atoms with Crippen LogP contribution >= 0.6 is 11.8 Å². The highest BCUT2D eigenvalue weighted by Crippen LogP contribution is 2.50. The van der Waals surface area contributed by atoms with E-state index in [1.807, 2.05) is 11.8 Å². The maximum absolute atomic E-state index is 2.61. The van der Waals surface area contributed by atoms with Gasteiger partial charge in [-0.25, -0.2) is 0 Å². The van der Waals surface area contributed by atoms with E-state index in [0.29, 0.717) is 0 Å². The van der Waals surface area contributed by atoms with Crippen LogP contribution in [0.15, 0.2) is 289 Å². The van der Waals surface area contributed by atoms with E-state index in [9.17, 15) is 0 Å². The summed E-state index contributed by atoms with van der Waals surface area (Å²) in [4.78, 5) is 5.13. The number of benzene rings is 12. The molecule has 0 radical (unpaired) electrons. The highest BCUT2D eigenvalue weighted by Gasteiger charge is 2.43. The van der Waals surface area contributed by atoms with Gasteiger partial charge in [0.25, 0.3) is 0 Å². The molecule has 2 aromatic heterocycles. The van der Waals surface area contributed by atoms with Crippen LogP contribution in [0.3, 0.4) is 0 Å². The van der Waals surface area contributed by atoms with Crippen molar-refractivity contribution in [2.75, 3.05) is 4.90 Å². The molecule has 4 heterocycles. The summed E-state index contributed by atoms with van der Waals surface area (Å²) in [7, 11) is 0. The summed E-state index contributed by atoms with van der Waals surface area (Å²) in [5.74, 6) is 0. The molecule has 0 unspecified atom stereocenters. The second-order valence-electron chi connectivity index (χ2n) is 20.3. The van der Waals surface area contributed by atoms with Gasteiger partial charge in [-0.15, -0.1) is 0 Å². The van der Waals surface area contributed by atoms with Gasteiger partial charge in [-0.3, -0.25) is 0 Å². The fourth-order valence-corrected chi connectivity index (χ4v) is 14.1. The minimum absolute atomic E-state index is 0.125. The van der Waals surface area contributed by atoms with E-state index in [4.69, 9.17) is 0 Å². The lowest BCUT2D eigenvalue weighted by Crippen LogP contribution is -2.60. The van der Waals surface area contributed by atoms with Gasteiger partial charge in [-0.1, -0.05) is 242 Å². The molecular weight excluding hydrogens is 950 g/mol. The van der Waals surface area contributed by atoms with Gasteiger partial charge in [0.2, 0.25) is 6.71 Å². The largest absolute Gasteiger partial charge is 0.311 e. The van der Waals surface area contributed by atoms with Crippen LogP contribution in [0, 0.1) is 0 Å². The number of para-hydroxylation sites is 5. The fourth-order valence-electron chi connectivity index (χ4n) is 12.8. The van der Waals surface area contributed by atoms with Crippen LogP contribution in [0.2, 0.25) is 0 Å². The third-order valence-electron chi connectivity index (χ3n) is 16.2. The van der Waals surface area contributed by atoms with E-state index in [0.717, 1.165) is 17.1 Å². The molecule has 0 aliphatic carbocycles. The molecule has 0 saturated carbocycles. The van der Waals surface area contributed by atoms with Crippen LogP contribution in [0.1, 0.15) is 0 Å². The van der Waals surface area contributed by atoms with Crippen LogP contribution in [0.25, 0.3) is 99.5 Å². The van der Waals surface area contributed by atoms with E-state index in [1.54, 1.807) is 0 Å². The molecule has 77 heavy (non-hydrogen) atoms. The molecule has 12 aromatic carbocycles. The molecule has 0 amide bonds. The van der Waals surface area contributed by atoms with Crippen molar-refractivity contribution in [3.8, 4) is 55.9 Å². The first kappa shape index (κ1) is 43.8. The highest BCUT2D eigenvalue weighted by molar-refractivity contribution is 8.00. The molecule has 14 aromatic rings. The monoisotopic (exact) mass is 995 g/mol. The Morgan fingerprint density at radius 3 is 1.19 bits per heavy atom. The standard InChI is InChI=1S/C72H46BN3S/c1-5-23-47(24-6-1)51-41-69-72-71(42-51)77-70-46-67(75-64-39-21-16-34-55(64)56-35-17-22-40-65(56)75)58(50-29-11-4-12-30-50)44-60(70)73(72)59-43-57(49-27-9-3-10-28-49)66(74-62-37-19-14-32-53(62)54-33-15-20-38-63(54)74)45-68(59)76(69)61-36-18-13-31-52(61)48-25-7-2-8-26-48/h1-46H. The molecule has 3 nitrogen and oxygen atoms in total. The van der Waals surface area contributed by atoms with Crippen molar-refractivity contribution < 1.29 is 0 Å². The third kappa shape index (κ3) is 6.80. The predicted octanol–water partition coefficient (Wildman–Crippen LogP) is 17.3. The van der Waals surface area contributed by atoms with Crippen molar-refractivity contribution in [2.45, 2.75) is 9.79 Å². The van der Waals surface area contributed by atoms with Gasteiger partial charge in [0.05, 0.1) is 39.1 Å². The summed E-state index contributed by atoms with van der Waals surface area (Å²) in [5.41, 5.74) is 23.9. The lowest BCUT2D eigenvalue weighted by Gasteiger charge is -2.42. The molecule has 5 heteroatoms. The SMILES string of the molecule is c1ccc(-c2cc3c4c(c2)N(c2ccccc2-c2ccccc2)c2cc(-n5c6ccccc6c6ccccc65)c(-c5ccccc5)cc2B4c2cc(-c4ccccc4)c(-n4c5ccccc5c5ccccc54)cc2S3)cc1. The van der Waals surface area contributed by atoms with Gasteiger partial charge in [-0.2, -0.15) is 0 Å². The Balaban J connectivity index is 1.06. The first-order valence-corrected chi connectivity index (χ1v) is 27.3. The molecule has 2 aliphatic rings. The van der Waals surface area contributed by atoms with Crippen LogP contribution in [0.5, 0.6) is 0 Å². The Morgan fingerprint density at radius 2 is 0.675 bits per heavy atom. The minimum atomic E-state index is -0.125. The number of nitrogens with zero attached hydrogens (tertiary/aromatic N) is 3. The number of hydrogen-bond acceptors (Lipinski definition) is 2. The molecular formula is C72H46BN3S. The zero-order valence-corrected chi connectivity index (χ0v) is 42.7. The van der Waals surface area contributed by atoms with Crippen molar-refractivity contribution in [3.05, 3.63) is 279 Å². The normalized spacial score (nSPS) is 12.6. The van der Waals surface area contributed by atoms with Gasteiger partial charge < -0.3 is 14.0 Å². The second kappa shape index (κ2) is 17.5. The van der Waals surface area contributed by atoms with E-state index in [1.165, 1.54) is 126 Å². The lowest BCUT2D eigenvalue weighted by atomic mass is 9.34. The fraction of sp³-hybridized carbons (Fsp3) is 0. The molecule has 2 aliphatic heterocycles. The average molecular weight is 996 g/mol. The number of aromatic nitrogens is 2. The Labute approximate surface area is 451 Å². The summed E-state index contributed by atoms with van der Waals surface area (Å²) >= 11 is 1.92.